The SMILES string of the molecule is CNC(=O)C(C)NS(=O)(=O)c1cccc(C(N)=S)c1. The third-order valence-electron chi connectivity index (χ3n) is 2.40. The van der Waals surface area contributed by atoms with Crippen molar-refractivity contribution in [3.05, 3.63) is 29.8 Å². The van der Waals surface area contributed by atoms with E-state index >= 15 is 0 Å². The van der Waals surface area contributed by atoms with Gasteiger partial charge in [-0.2, -0.15) is 4.72 Å². The number of carbonyl (C=O) groups excluding carboxylic acids is 1. The van der Waals surface area contributed by atoms with Gasteiger partial charge in [-0.3, -0.25) is 4.79 Å². The Bertz CT molecular complexity index is 599. The molecular formula is C11H15N3O3S2. The average molecular weight is 301 g/mol. The summed E-state index contributed by atoms with van der Waals surface area (Å²) in [6, 6.07) is 5.04. The van der Waals surface area contributed by atoms with Crippen molar-refractivity contribution in [3.8, 4) is 0 Å². The standard InChI is InChI=1S/C11H15N3O3S2/c1-7(11(15)13-2)14-19(16,17)9-5-3-4-8(6-9)10(12)18/h3-7,14H,1-2H3,(H2,12,18)(H,13,15). The maximum absolute atomic E-state index is 12.1. The molecule has 1 unspecified atom stereocenters. The van der Waals surface area contributed by atoms with Gasteiger partial charge in [0.1, 0.15) is 4.99 Å². The second-order valence-electron chi connectivity index (χ2n) is 3.85. The molecule has 0 aliphatic carbocycles. The van der Waals surface area contributed by atoms with E-state index in [2.05, 4.69) is 10.0 Å². The molecule has 8 heteroatoms. The third-order valence-corrected chi connectivity index (χ3v) is 4.17. The van der Waals surface area contributed by atoms with Gasteiger partial charge in [0.25, 0.3) is 0 Å². The number of hydrogen-bond donors (Lipinski definition) is 3. The van der Waals surface area contributed by atoms with Crippen LogP contribution in [0.25, 0.3) is 0 Å². The fourth-order valence-corrected chi connectivity index (χ4v) is 2.76. The van der Waals surface area contributed by atoms with E-state index in [9.17, 15) is 13.2 Å². The Morgan fingerprint density at radius 1 is 1.42 bits per heavy atom. The predicted molar refractivity (Wildman–Crippen MR) is 76.2 cm³/mol. The first-order valence-electron chi connectivity index (χ1n) is 5.41. The van der Waals surface area contributed by atoms with Gasteiger partial charge in [-0.05, 0) is 19.1 Å². The van der Waals surface area contributed by atoms with Crippen molar-refractivity contribution in [1.82, 2.24) is 10.0 Å². The molecule has 1 amide bonds. The molecule has 1 rings (SSSR count). The van der Waals surface area contributed by atoms with Crippen LogP contribution in [0.5, 0.6) is 0 Å². The number of benzene rings is 1. The number of likely N-dealkylation sites (N-methyl/N-ethyl adjacent to an activating group) is 1. The molecule has 104 valence electrons. The van der Waals surface area contributed by atoms with Crippen LogP contribution in [0, 0.1) is 0 Å². The zero-order valence-corrected chi connectivity index (χ0v) is 12.1. The van der Waals surface area contributed by atoms with E-state index in [1.54, 1.807) is 6.07 Å². The van der Waals surface area contributed by atoms with Gasteiger partial charge in [0, 0.05) is 12.6 Å². The third kappa shape index (κ3) is 3.98. The molecule has 0 saturated heterocycles. The molecule has 0 radical (unpaired) electrons. The lowest BCUT2D eigenvalue weighted by atomic mass is 10.2. The fraction of sp³-hybridized carbons (Fsp3) is 0.273. The molecule has 0 spiro atoms. The second kappa shape index (κ2) is 6.09. The highest BCUT2D eigenvalue weighted by atomic mass is 32.2. The number of thiocarbonyl (C=S) groups is 1. The number of nitrogens with two attached hydrogens (primary N) is 1. The topological polar surface area (TPSA) is 101 Å². The number of nitrogens with one attached hydrogen (secondary N) is 2. The minimum atomic E-state index is -3.80. The lowest BCUT2D eigenvalue weighted by Gasteiger charge is -2.13. The molecule has 1 aromatic rings. The first kappa shape index (κ1) is 15.5. The van der Waals surface area contributed by atoms with E-state index in [0.717, 1.165) is 0 Å². The minimum absolute atomic E-state index is 0.00792. The Hall–Kier alpha value is -1.51. The fourth-order valence-electron chi connectivity index (χ4n) is 1.39. The lowest BCUT2D eigenvalue weighted by Crippen LogP contribution is -2.43. The number of sulfonamides is 1. The summed E-state index contributed by atoms with van der Waals surface area (Å²) >= 11 is 4.79. The van der Waals surface area contributed by atoms with E-state index in [1.165, 1.54) is 32.2 Å². The van der Waals surface area contributed by atoms with Crippen molar-refractivity contribution in [3.63, 3.8) is 0 Å². The van der Waals surface area contributed by atoms with Crippen molar-refractivity contribution >= 4 is 33.1 Å². The Balaban J connectivity index is 3.04. The summed E-state index contributed by atoms with van der Waals surface area (Å²) in [6.07, 6.45) is 0. The van der Waals surface area contributed by atoms with Gasteiger partial charge >= 0.3 is 0 Å². The number of rotatable bonds is 5. The number of amides is 1. The van der Waals surface area contributed by atoms with Gasteiger partial charge < -0.3 is 11.1 Å². The predicted octanol–water partition coefficient (Wildman–Crippen LogP) is -0.266. The van der Waals surface area contributed by atoms with Crippen molar-refractivity contribution in [2.45, 2.75) is 17.9 Å². The van der Waals surface area contributed by atoms with E-state index < -0.39 is 22.0 Å². The van der Waals surface area contributed by atoms with Crippen molar-refractivity contribution in [2.75, 3.05) is 7.05 Å². The molecule has 0 bridgehead atoms. The zero-order chi connectivity index (χ0) is 14.6. The summed E-state index contributed by atoms with van der Waals surface area (Å²) < 4.78 is 26.4. The van der Waals surface area contributed by atoms with E-state index in [-0.39, 0.29) is 9.88 Å². The summed E-state index contributed by atoms with van der Waals surface area (Å²) in [5.74, 6) is -0.422. The smallest absolute Gasteiger partial charge is 0.241 e. The van der Waals surface area contributed by atoms with Crippen molar-refractivity contribution in [1.29, 1.82) is 0 Å². The van der Waals surface area contributed by atoms with Crippen LogP contribution in [0.4, 0.5) is 0 Å². The first-order valence-corrected chi connectivity index (χ1v) is 7.31. The number of hydrogen-bond acceptors (Lipinski definition) is 4. The minimum Gasteiger partial charge on any atom is -0.389 e. The molecule has 4 N–H and O–H groups in total. The monoisotopic (exact) mass is 301 g/mol. The Labute approximate surface area is 117 Å². The molecule has 6 nitrogen and oxygen atoms in total. The lowest BCUT2D eigenvalue weighted by molar-refractivity contribution is -0.121. The zero-order valence-electron chi connectivity index (χ0n) is 10.5. The van der Waals surface area contributed by atoms with Gasteiger partial charge in [0.2, 0.25) is 15.9 Å². The molecule has 0 fully saturated rings. The molecule has 0 aliphatic rings. The molecule has 0 aliphatic heterocycles. The summed E-state index contributed by atoms with van der Waals surface area (Å²) in [6.45, 7) is 1.45. The summed E-state index contributed by atoms with van der Waals surface area (Å²) in [5.41, 5.74) is 5.90. The summed E-state index contributed by atoms with van der Waals surface area (Å²) in [5, 5.41) is 2.36. The van der Waals surface area contributed by atoms with Gasteiger partial charge in [-0.25, -0.2) is 8.42 Å². The van der Waals surface area contributed by atoms with Crippen molar-refractivity contribution in [2.24, 2.45) is 5.73 Å². The highest BCUT2D eigenvalue weighted by Crippen LogP contribution is 2.12. The van der Waals surface area contributed by atoms with Gasteiger partial charge in [-0.1, -0.05) is 24.4 Å². The molecule has 0 saturated carbocycles. The Morgan fingerprint density at radius 2 is 2.05 bits per heavy atom. The highest BCUT2D eigenvalue weighted by molar-refractivity contribution is 7.89. The van der Waals surface area contributed by atoms with Crippen LogP contribution in [-0.4, -0.2) is 32.4 Å². The largest absolute Gasteiger partial charge is 0.389 e. The van der Waals surface area contributed by atoms with Crippen LogP contribution in [0.15, 0.2) is 29.2 Å². The van der Waals surface area contributed by atoms with Crippen LogP contribution >= 0.6 is 12.2 Å². The van der Waals surface area contributed by atoms with E-state index in [0.29, 0.717) is 5.56 Å². The number of carbonyl (C=O) groups is 1. The van der Waals surface area contributed by atoms with Gasteiger partial charge in [-0.15, -0.1) is 0 Å². The van der Waals surface area contributed by atoms with Gasteiger partial charge in [0.15, 0.2) is 0 Å². The van der Waals surface area contributed by atoms with Crippen LogP contribution in [0.1, 0.15) is 12.5 Å². The quantitative estimate of drug-likeness (QED) is 0.650. The molecule has 19 heavy (non-hydrogen) atoms. The van der Waals surface area contributed by atoms with Crippen molar-refractivity contribution < 1.29 is 13.2 Å². The average Bonchev–Trinajstić information content (AvgIpc) is 2.37. The Kier molecular flexibility index (Phi) is 4.98. The van der Waals surface area contributed by atoms with Crippen LogP contribution in [-0.2, 0) is 14.8 Å². The molecule has 1 atom stereocenters. The highest BCUT2D eigenvalue weighted by Gasteiger charge is 2.21. The first-order chi connectivity index (χ1) is 8.77. The van der Waals surface area contributed by atoms with E-state index in [4.69, 9.17) is 18.0 Å². The summed E-state index contributed by atoms with van der Waals surface area (Å²) in [7, 11) is -2.37. The van der Waals surface area contributed by atoms with Gasteiger partial charge in [0.05, 0.1) is 10.9 Å². The molecule has 0 aromatic heterocycles. The summed E-state index contributed by atoms with van der Waals surface area (Å²) in [4.78, 5) is 11.4. The maximum Gasteiger partial charge on any atom is 0.241 e. The van der Waals surface area contributed by atoms with E-state index in [1.807, 2.05) is 0 Å². The molecule has 1 aromatic carbocycles. The maximum atomic E-state index is 12.1. The second-order valence-corrected chi connectivity index (χ2v) is 6.00. The van der Waals surface area contributed by atoms with Crippen LogP contribution < -0.4 is 15.8 Å². The Morgan fingerprint density at radius 3 is 2.58 bits per heavy atom. The van der Waals surface area contributed by atoms with Crippen LogP contribution in [0.3, 0.4) is 0 Å². The molecular weight excluding hydrogens is 286 g/mol. The van der Waals surface area contributed by atoms with Crippen LogP contribution in [0.2, 0.25) is 0 Å². The normalized spacial score (nSPS) is 12.7. The molecule has 0 heterocycles.